The van der Waals surface area contributed by atoms with E-state index < -0.39 is 0 Å². The number of carbonyl (C=O) groups excluding carboxylic acids is 1. The molecule has 1 aliphatic rings. The van der Waals surface area contributed by atoms with Gasteiger partial charge in [0.05, 0.1) is 20.3 Å². The molecular formula is C28H32N2O4. The van der Waals surface area contributed by atoms with E-state index >= 15 is 0 Å². The molecule has 0 spiro atoms. The summed E-state index contributed by atoms with van der Waals surface area (Å²) in [5, 5.41) is 3.12. The van der Waals surface area contributed by atoms with Crippen LogP contribution in [-0.2, 0) is 6.61 Å². The van der Waals surface area contributed by atoms with Crippen molar-refractivity contribution in [1.29, 1.82) is 0 Å². The summed E-state index contributed by atoms with van der Waals surface area (Å²) in [6, 6.07) is 23.3. The number of nitrogens with one attached hydrogen (secondary N) is 1. The predicted octanol–water partition coefficient (Wildman–Crippen LogP) is 4.85. The molecule has 3 aromatic carbocycles. The summed E-state index contributed by atoms with van der Waals surface area (Å²) in [4.78, 5) is 15.5. The molecule has 1 fully saturated rings. The maximum Gasteiger partial charge on any atom is 0.251 e. The Bertz CT molecular complexity index is 1080. The fourth-order valence-corrected chi connectivity index (χ4v) is 4.39. The quantitative estimate of drug-likeness (QED) is 0.469. The Balaban J connectivity index is 1.45. The number of ether oxygens (including phenoxy) is 3. The van der Waals surface area contributed by atoms with E-state index in [4.69, 9.17) is 14.2 Å². The van der Waals surface area contributed by atoms with Gasteiger partial charge in [0, 0.05) is 17.7 Å². The zero-order valence-electron chi connectivity index (χ0n) is 19.8. The molecule has 0 bridgehead atoms. The molecular weight excluding hydrogens is 428 g/mol. The van der Waals surface area contributed by atoms with E-state index in [2.05, 4.69) is 16.3 Å². The molecule has 4 rings (SSSR count). The standard InChI is InChI=1S/C28H32N2O4/c1-32-25-13-7-6-12-23(25)24(30-16-8-9-17-30)19-29-28(31)22-14-15-26(27(18-22)33-2)34-20-21-10-4-3-5-11-21/h3-7,10-15,18,24H,8-9,16-17,19-20H2,1-2H3,(H,29,31)/t24-/m0/s1. The molecule has 0 unspecified atom stereocenters. The summed E-state index contributed by atoms with van der Waals surface area (Å²) in [6.45, 7) is 2.95. The smallest absolute Gasteiger partial charge is 0.251 e. The van der Waals surface area contributed by atoms with Gasteiger partial charge in [-0.25, -0.2) is 0 Å². The molecule has 178 valence electrons. The third kappa shape index (κ3) is 5.69. The van der Waals surface area contributed by atoms with Crippen LogP contribution in [-0.4, -0.2) is 44.7 Å². The molecule has 34 heavy (non-hydrogen) atoms. The number of methoxy groups -OCH3 is 2. The monoisotopic (exact) mass is 460 g/mol. The highest BCUT2D eigenvalue weighted by atomic mass is 16.5. The summed E-state index contributed by atoms with van der Waals surface area (Å²) in [6.07, 6.45) is 2.34. The van der Waals surface area contributed by atoms with Gasteiger partial charge in [0.15, 0.2) is 11.5 Å². The Hall–Kier alpha value is -3.51. The number of para-hydroxylation sites is 1. The van der Waals surface area contributed by atoms with Gasteiger partial charge in [-0.05, 0) is 55.8 Å². The van der Waals surface area contributed by atoms with Crippen molar-refractivity contribution in [3.8, 4) is 17.2 Å². The van der Waals surface area contributed by atoms with Crippen LogP contribution in [0, 0.1) is 0 Å². The lowest BCUT2D eigenvalue weighted by atomic mass is 10.0. The van der Waals surface area contributed by atoms with E-state index in [1.165, 1.54) is 12.8 Å². The first-order chi connectivity index (χ1) is 16.7. The summed E-state index contributed by atoms with van der Waals surface area (Å²) in [5.74, 6) is 1.83. The number of carbonyl (C=O) groups is 1. The molecule has 0 aromatic heterocycles. The van der Waals surface area contributed by atoms with Gasteiger partial charge in [-0.2, -0.15) is 0 Å². The molecule has 1 saturated heterocycles. The highest BCUT2D eigenvalue weighted by molar-refractivity contribution is 5.94. The number of benzene rings is 3. The van der Waals surface area contributed by atoms with Crippen LogP contribution >= 0.6 is 0 Å². The molecule has 1 atom stereocenters. The molecule has 1 amide bonds. The summed E-state index contributed by atoms with van der Waals surface area (Å²) < 4.78 is 17.0. The second-order valence-corrected chi connectivity index (χ2v) is 8.35. The highest BCUT2D eigenvalue weighted by Gasteiger charge is 2.26. The maximum atomic E-state index is 13.1. The van der Waals surface area contributed by atoms with Crippen molar-refractivity contribution in [2.45, 2.75) is 25.5 Å². The molecule has 0 radical (unpaired) electrons. The first-order valence-corrected chi connectivity index (χ1v) is 11.7. The van der Waals surface area contributed by atoms with Gasteiger partial charge in [0.2, 0.25) is 0 Å². The Kier molecular flexibility index (Phi) is 8.04. The Morgan fingerprint density at radius 3 is 2.32 bits per heavy atom. The van der Waals surface area contributed by atoms with Crippen molar-refractivity contribution in [3.05, 3.63) is 89.5 Å². The number of amides is 1. The lowest BCUT2D eigenvalue weighted by Gasteiger charge is -2.29. The van der Waals surface area contributed by atoms with Crippen molar-refractivity contribution in [3.63, 3.8) is 0 Å². The van der Waals surface area contributed by atoms with E-state index in [0.29, 0.717) is 30.2 Å². The average molecular weight is 461 g/mol. The highest BCUT2D eigenvalue weighted by Crippen LogP contribution is 2.32. The third-order valence-corrected chi connectivity index (χ3v) is 6.20. The molecule has 6 nitrogen and oxygen atoms in total. The molecule has 0 aliphatic carbocycles. The normalized spacial score (nSPS) is 14.4. The molecule has 1 aliphatic heterocycles. The van der Waals surface area contributed by atoms with Gasteiger partial charge in [-0.15, -0.1) is 0 Å². The fourth-order valence-electron chi connectivity index (χ4n) is 4.39. The van der Waals surface area contributed by atoms with Gasteiger partial charge in [0.1, 0.15) is 12.4 Å². The van der Waals surface area contributed by atoms with Gasteiger partial charge in [0.25, 0.3) is 5.91 Å². The van der Waals surface area contributed by atoms with E-state index in [9.17, 15) is 4.79 Å². The SMILES string of the molecule is COc1cc(C(=O)NC[C@@H](c2ccccc2OC)N2CCCC2)ccc1OCc1ccccc1. The first kappa shape index (κ1) is 23.6. The van der Waals surface area contributed by atoms with Crippen LogP contribution in [0.1, 0.15) is 40.4 Å². The van der Waals surface area contributed by atoms with Crippen molar-refractivity contribution in [2.75, 3.05) is 33.9 Å². The van der Waals surface area contributed by atoms with Crippen molar-refractivity contribution >= 4 is 5.91 Å². The van der Waals surface area contributed by atoms with Crippen LogP contribution in [0.25, 0.3) is 0 Å². The summed E-state index contributed by atoms with van der Waals surface area (Å²) in [5.41, 5.74) is 2.69. The second-order valence-electron chi connectivity index (χ2n) is 8.35. The Morgan fingerprint density at radius 1 is 0.882 bits per heavy atom. The molecule has 1 N–H and O–H groups in total. The average Bonchev–Trinajstić information content (AvgIpc) is 3.43. The molecule has 1 heterocycles. The van der Waals surface area contributed by atoms with Gasteiger partial charge < -0.3 is 19.5 Å². The minimum Gasteiger partial charge on any atom is -0.496 e. The Labute approximate surface area is 201 Å². The number of rotatable bonds is 10. The second kappa shape index (κ2) is 11.6. The lowest BCUT2D eigenvalue weighted by molar-refractivity contribution is 0.0937. The molecule has 3 aromatic rings. The number of hydrogen-bond donors (Lipinski definition) is 1. The maximum absolute atomic E-state index is 13.1. The van der Waals surface area contributed by atoms with Crippen LogP contribution in [0.5, 0.6) is 17.2 Å². The number of likely N-dealkylation sites (tertiary alicyclic amines) is 1. The molecule has 6 heteroatoms. The fraction of sp³-hybridized carbons (Fsp3) is 0.321. The lowest BCUT2D eigenvalue weighted by Crippen LogP contribution is -2.37. The van der Waals surface area contributed by atoms with Crippen LogP contribution in [0.4, 0.5) is 0 Å². The van der Waals surface area contributed by atoms with E-state index in [1.807, 2.05) is 48.5 Å². The minimum atomic E-state index is -0.146. The van der Waals surface area contributed by atoms with E-state index in [0.717, 1.165) is 30.0 Å². The van der Waals surface area contributed by atoms with Gasteiger partial charge >= 0.3 is 0 Å². The van der Waals surface area contributed by atoms with Crippen LogP contribution < -0.4 is 19.5 Å². The van der Waals surface area contributed by atoms with E-state index in [1.54, 1.807) is 32.4 Å². The van der Waals surface area contributed by atoms with Gasteiger partial charge in [-0.3, -0.25) is 9.69 Å². The molecule has 0 saturated carbocycles. The van der Waals surface area contributed by atoms with Crippen molar-refractivity contribution in [1.82, 2.24) is 10.2 Å². The van der Waals surface area contributed by atoms with Crippen LogP contribution in [0.3, 0.4) is 0 Å². The first-order valence-electron chi connectivity index (χ1n) is 11.7. The van der Waals surface area contributed by atoms with E-state index in [-0.39, 0.29) is 11.9 Å². The summed E-state index contributed by atoms with van der Waals surface area (Å²) in [7, 11) is 3.27. The zero-order valence-corrected chi connectivity index (χ0v) is 19.8. The predicted molar refractivity (Wildman–Crippen MR) is 133 cm³/mol. The Morgan fingerprint density at radius 2 is 1.59 bits per heavy atom. The largest absolute Gasteiger partial charge is 0.496 e. The van der Waals surface area contributed by atoms with Crippen LogP contribution in [0.2, 0.25) is 0 Å². The third-order valence-electron chi connectivity index (χ3n) is 6.20. The topological polar surface area (TPSA) is 60.0 Å². The van der Waals surface area contributed by atoms with Crippen molar-refractivity contribution < 1.29 is 19.0 Å². The number of hydrogen-bond acceptors (Lipinski definition) is 5. The van der Waals surface area contributed by atoms with Crippen molar-refractivity contribution in [2.24, 2.45) is 0 Å². The number of nitrogens with zero attached hydrogens (tertiary/aromatic N) is 1. The van der Waals surface area contributed by atoms with Gasteiger partial charge in [-0.1, -0.05) is 48.5 Å². The van der Waals surface area contributed by atoms with Crippen LogP contribution in [0.15, 0.2) is 72.8 Å². The summed E-state index contributed by atoms with van der Waals surface area (Å²) >= 11 is 0. The minimum absolute atomic E-state index is 0.0537. The zero-order chi connectivity index (χ0) is 23.8.